The number of ether oxygens (including phenoxy) is 1. The molecule has 0 radical (unpaired) electrons. The Hall–Kier alpha value is -1.42. The topological polar surface area (TPSA) is 29.5 Å². The molecular weight excluding hydrogens is 209 g/mol. The number of rotatable bonds is 1. The van der Waals surface area contributed by atoms with Crippen LogP contribution < -0.4 is 0 Å². The van der Waals surface area contributed by atoms with E-state index in [0.717, 1.165) is 0 Å². The number of aryl methyl sites for hydroxylation is 1. The summed E-state index contributed by atoms with van der Waals surface area (Å²) in [7, 11) is 0. The Kier molecular flexibility index (Phi) is 3.19. The largest absolute Gasteiger partial charge is 0.378 e. The van der Waals surface area contributed by atoms with Crippen molar-refractivity contribution < 1.29 is 13.9 Å². The predicted molar refractivity (Wildman–Crippen MR) is 57.9 cm³/mol. The van der Waals surface area contributed by atoms with Crippen LogP contribution in [-0.2, 0) is 4.74 Å². The van der Waals surface area contributed by atoms with Crippen molar-refractivity contribution in [1.82, 2.24) is 4.90 Å². The van der Waals surface area contributed by atoms with E-state index in [2.05, 4.69) is 0 Å². The highest BCUT2D eigenvalue weighted by molar-refractivity contribution is 5.94. The quantitative estimate of drug-likeness (QED) is 0.723. The minimum atomic E-state index is -0.279. The first-order valence-electron chi connectivity index (χ1n) is 5.31. The minimum Gasteiger partial charge on any atom is -0.378 e. The van der Waals surface area contributed by atoms with Gasteiger partial charge in [-0.15, -0.1) is 0 Å². The van der Waals surface area contributed by atoms with Crippen molar-refractivity contribution in [2.45, 2.75) is 6.92 Å². The van der Waals surface area contributed by atoms with Crippen molar-refractivity contribution in [3.63, 3.8) is 0 Å². The molecule has 0 saturated carbocycles. The normalized spacial score (nSPS) is 16.2. The third kappa shape index (κ3) is 2.22. The summed E-state index contributed by atoms with van der Waals surface area (Å²) in [6, 6.07) is 4.45. The van der Waals surface area contributed by atoms with Gasteiger partial charge in [-0.1, -0.05) is 0 Å². The SMILES string of the molecule is Cc1cc(C(=O)N2CCOCC2)ccc1F. The number of hydrogen-bond acceptors (Lipinski definition) is 2. The standard InChI is InChI=1S/C12H14FNO2/c1-9-8-10(2-3-11(9)13)12(15)14-4-6-16-7-5-14/h2-3,8H,4-7H2,1H3. The van der Waals surface area contributed by atoms with Gasteiger partial charge in [0.2, 0.25) is 0 Å². The third-order valence-corrected chi connectivity index (χ3v) is 2.70. The first kappa shape index (κ1) is 11.1. The Morgan fingerprint density at radius 3 is 2.69 bits per heavy atom. The summed E-state index contributed by atoms with van der Waals surface area (Å²) in [6.07, 6.45) is 0. The molecule has 1 heterocycles. The number of carbonyl (C=O) groups excluding carboxylic acids is 1. The molecule has 1 saturated heterocycles. The summed E-state index contributed by atoms with van der Waals surface area (Å²) in [5.74, 6) is -0.329. The van der Waals surface area contributed by atoms with Gasteiger partial charge in [0.25, 0.3) is 5.91 Å². The minimum absolute atomic E-state index is 0.0496. The zero-order valence-corrected chi connectivity index (χ0v) is 9.20. The lowest BCUT2D eigenvalue weighted by atomic mass is 10.1. The van der Waals surface area contributed by atoms with Gasteiger partial charge in [-0.2, -0.15) is 0 Å². The van der Waals surface area contributed by atoms with Crippen LogP contribution in [0.5, 0.6) is 0 Å². The van der Waals surface area contributed by atoms with E-state index in [0.29, 0.717) is 37.4 Å². The molecule has 0 unspecified atom stereocenters. The Bertz CT molecular complexity index is 400. The zero-order valence-electron chi connectivity index (χ0n) is 9.20. The van der Waals surface area contributed by atoms with Crippen molar-refractivity contribution in [3.8, 4) is 0 Å². The summed E-state index contributed by atoms with van der Waals surface area (Å²) in [6.45, 7) is 4.02. The molecule has 0 atom stereocenters. The van der Waals surface area contributed by atoms with E-state index in [9.17, 15) is 9.18 Å². The van der Waals surface area contributed by atoms with Crippen LogP contribution in [0.2, 0.25) is 0 Å². The molecule has 1 aromatic carbocycles. The fourth-order valence-corrected chi connectivity index (χ4v) is 1.73. The number of hydrogen-bond donors (Lipinski definition) is 0. The van der Waals surface area contributed by atoms with Gasteiger partial charge in [-0.05, 0) is 30.7 Å². The second-order valence-corrected chi connectivity index (χ2v) is 3.87. The van der Waals surface area contributed by atoms with Crippen LogP contribution in [0.1, 0.15) is 15.9 Å². The van der Waals surface area contributed by atoms with Gasteiger partial charge in [0.05, 0.1) is 13.2 Å². The molecule has 16 heavy (non-hydrogen) atoms. The van der Waals surface area contributed by atoms with Crippen LogP contribution in [0.15, 0.2) is 18.2 Å². The van der Waals surface area contributed by atoms with E-state index >= 15 is 0 Å². The molecule has 3 nitrogen and oxygen atoms in total. The van der Waals surface area contributed by atoms with Crippen molar-refractivity contribution >= 4 is 5.91 Å². The van der Waals surface area contributed by atoms with Crippen LogP contribution >= 0.6 is 0 Å². The van der Waals surface area contributed by atoms with Crippen molar-refractivity contribution in [3.05, 3.63) is 35.1 Å². The molecule has 0 bridgehead atoms. The number of benzene rings is 1. The monoisotopic (exact) mass is 223 g/mol. The molecule has 1 fully saturated rings. The Balaban J connectivity index is 2.16. The molecule has 4 heteroatoms. The molecule has 1 aliphatic rings. The van der Waals surface area contributed by atoms with E-state index in [4.69, 9.17) is 4.74 Å². The van der Waals surface area contributed by atoms with E-state index < -0.39 is 0 Å². The third-order valence-electron chi connectivity index (χ3n) is 2.70. The van der Waals surface area contributed by atoms with Crippen LogP contribution in [0.4, 0.5) is 4.39 Å². The summed E-state index contributed by atoms with van der Waals surface area (Å²) in [5, 5.41) is 0. The van der Waals surface area contributed by atoms with Crippen LogP contribution in [0.25, 0.3) is 0 Å². The summed E-state index contributed by atoms with van der Waals surface area (Å²) in [4.78, 5) is 13.7. The molecular formula is C12H14FNO2. The van der Waals surface area contributed by atoms with Crippen molar-refractivity contribution in [2.24, 2.45) is 0 Å². The molecule has 86 valence electrons. The van der Waals surface area contributed by atoms with Gasteiger partial charge in [0.15, 0.2) is 0 Å². The molecule has 0 aromatic heterocycles. The lowest BCUT2D eigenvalue weighted by Gasteiger charge is -2.26. The fourth-order valence-electron chi connectivity index (χ4n) is 1.73. The summed E-state index contributed by atoms with van der Waals surface area (Å²) in [5.41, 5.74) is 1.04. The summed E-state index contributed by atoms with van der Waals surface area (Å²) >= 11 is 0. The Morgan fingerprint density at radius 2 is 2.06 bits per heavy atom. The smallest absolute Gasteiger partial charge is 0.254 e. The maximum absolute atomic E-state index is 13.1. The van der Waals surface area contributed by atoms with E-state index in [-0.39, 0.29) is 11.7 Å². The molecule has 1 aliphatic heterocycles. The predicted octanol–water partition coefficient (Wildman–Crippen LogP) is 1.61. The number of morpholine rings is 1. The lowest BCUT2D eigenvalue weighted by molar-refractivity contribution is 0.0303. The maximum atomic E-state index is 13.1. The zero-order chi connectivity index (χ0) is 11.5. The maximum Gasteiger partial charge on any atom is 0.254 e. The second kappa shape index (κ2) is 4.61. The highest BCUT2D eigenvalue weighted by atomic mass is 19.1. The lowest BCUT2D eigenvalue weighted by Crippen LogP contribution is -2.40. The highest BCUT2D eigenvalue weighted by Gasteiger charge is 2.18. The van der Waals surface area contributed by atoms with E-state index in [1.54, 1.807) is 17.9 Å². The van der Waals surface area contributed by atoms with Gasteiger partial charge in [0.1, 0.15) is 5.82 Å². The average Bonchev–Trinajstić information content (AvgIpc) is 2.33. The number of amides is 1. The van der Waals surface area contributed by atoms with Gasteiger partial charge in [0, 0.05) is 18.7 Å². The van der Waals surface area contributed by atoms with Gasteiger partial charge >= 0.3 is 0 Å². The number of carbonyl (C=O) groups is 1. The van der Waals surface area contributed by atoms with Gasteiger partial charge in [-0.3, -0.25) is 4.79 Å². The first-order chi connectivity index (χ1) is 7.68. The average molecular weight is 223 g/mol. The first-order valence-corrected chi connectivity index (χ1v) is 5.31. The van der Waals surface area contributed by atoms with E-state index in [1.165, 1.54) is 12.1 Å². The van der Waals surface area contributed by atoms with Crippen LogP contribution in [0, 0.1) is 12.7 Å². The molecule has 1 aromatic rings. The van der Waals surface area contributed by atoms with Crippen molar-refractivity contribution in [2.75, 3.05) is 26.3 Å². The van der Waals surface area contributed by atoms with Crippen LogP contribution in [-0.4, -0.2) is 37.1 Å². The summed E-state index contributed by atoms with van der Waals surface area (Å²) < 4.78 is 18.2. The Morgan fingerprint density at radius 1 is 1.38 bits per heavy atom. The van der Waals surface area contributed by atoms with Gasteiger partial charge < -0.3 is 9.64 Å². The molecule has 0 aliphatic carbocycles. The molecule has 2 rings (SSSR count). The number of halogens is 1. The fraction of sp³-hybridized carbons (Fsp3) is 0.417. The van der Waals surface area contributed by atoms with E-state index in [1.807, 2.05) is 0 Å². The molecule has 0 N–H and O–H groups in total. The molecule has 0 spiro atoms. The Labute approximate surface area is 93.8 Å². The van der Waals surface area contributed by atoms with Gasteiger partial charge in [-0.25, -0.2) is 4.39 Å². The highest BCUT2D eigenvalue weighted by Crippen LogP contribution is 2.12. The number of nitrogens with zero attached hydrogens (tertiary/aromatic N) is 1. The molecule has 1 amide bonds. The van der Waals surface area contributed by atoms with Crippen molar-refractivity contribution in [1.29, 1.82) is 0 Å². The van der Waals surface area contributed by atoms with Crippen LogP contribution in [0.3, 0.4) is 0 Å². The second-order valence-electron chi connectivity index (χ2n) is 3.87.